The lowest BCUT2D eigenvalue weighted by molar-refractivity contribution is 0.0922. The third kappa shape index (κ3) is 3.99. The molecule has 0 heterocycles. The molecule has 116 valence electrons. The summed E-state index contributed by atoms with van der Waals surface area (Å²) in [6.45, 7) is 7.27. The number of nitrogen functional groups attached to an aromatic ring is 1. The summed E-state index contributed by atoms with van der Waals surface area (Å²) in [6, 6.07) is 5.53. The molecule has 0 bridgehead atoms. The van der Waals surface area contributed by atoms with Gasteiger partial charge >= 0.3 is 0 Å². The lowest BCUT2D eigenvalue weighted by Gasteiger charge is -2.31. The average Bonchev–Trinajstić information content (AvgIpc) is 2.87. The van der Waals surface area contributed by atoms with Crippen molar-refractivity contribution in [2.45, 2.75) is 52.9 Å². The second kappa shape index (κ2) is 6.50. The molecule has 3 N–H and O–H groups in total. The van der Waals surface area contributed by atoms with E-state index in [1.165, 1.54) is 32.1 Å². The van der Waals surface area contributed by atoms with Crippen LogP contribution in [0.1, 0.15) is 61.9 Å². The largest absolute Gasteiger partial charge is 0.398 e. The van der Waals surface area contributed by atoms with Gasteiger partial charge in [0, 0.05) is 17.8 Å². The van der Waals surface area contributed by atoms with Crippen LogP contribution in [-0.4, -0.2) is 12.5 Å². The van der Waals surface area contributed by atoms with Crippen LogP contribution in [0.2, 0.25) is 0 Å². The zero-order chi connectivity index (χ0) is 15.5. The molecule has 1 saturated carbocycles. The van der Waals surface area contributed by atoms with Gasteiger partial charge in [-0.25, -0.2) is 0 Å². The first-order valence-electron chi connectivity index (χ1n) is 8.06. The fourth-order valence-electron chi connectivity index (χ4n) is 3.60. The zero-order valence-corrected chi connectivity index (χ0v) is 13.5. The van der Waals surface area contributed by atoms with Crippen molar-refractivity contribution in [2.24, 2.45) is 11.3 Å². The number of nitrogens with two attached hydrogens (primary N) is 1. The molecule has 0 radical (unpaired) electrons. The average molecular weight is 288 g/mol. The Balaban J connectivity index is 2.00. The van der Waals surface area contributed by atoms with Gasteiger partial charge in [0.25, 0.3) is 5.91 Å². The summed E-state index contributed by atoms with van der Waals surface area (Å²) in [7, 11) is 0. The molecule has 1 amide bonds. The smallest absolute Gasteiger partial charge is 0.251 e. The molecule has 1 aromatic carbocycles. The van der Waals surface area contributed by atoms with Crippen LogP contribution in [-0.2, 0) is 0 Å². The number of aryl methyl sites for hydroxylation is 1. The molecule has 0 unspecified atom stereocenters. The number of benzene rings is 1. The number of rotatable bonds is 5. The highest BCUT2D eigenvalue weighted by atomic mass is 16.1. The van der Waals surface area contributed by atoms with Gasteiger partial charge in [0.2, 0.25) is 0 Å². The lowest BCUT2D eigenvalue weighted by Crippen LogP contribution is -2.36. The van der Waals surface area contributed by atoms with Gasteiger partial charge in [0.05, 0.1) is 0 Å². The molecule has 3 heteroatoms. The van der Waals surface area contributed by atoms with E-state index in [2.05, 4.69) is 19.2 Å². The van der Waals surface area contributed by atoms with Gasteiger partial charge in [-0.05, 0) is 55.2 Å². The number of nitrogens with one attached hydrogen (secondary N) is 1. The topological polar surface area (TPSA) is 55.1 Å². The second-order valence-electron chi connectivity index (χ2n) is 7.06. The molecule has 0 aliphatic heterocycles. The van der Waals surface area contributed by atoms with Crippen LogP contribution in [0, 0.1) is 18.3 Å². The summed E-state index contributed by atoms with van der Waals surface area (Å²) >= 11 is 0. The summed E-state index contributed by atoms with van der Waals surface area (Å²) in [6.07, 6.45) is 6.26. The van der Waals surface area contributed by atoms with Crippen molar-refractivity contribution in [1.82, 2.24) is 5.32 Å². The molecule has 0 saturated heterocycles. The summed E-state index contributed by atoms with van der Waals surface area (Å²) in [5.41, 5.74) is 8.55. The second-order valence-corrected chi connectivity index (χ2v) is 7.06. The highest BCUT2D eigenvalue weighted by molar-refractivity contribution is 5.95. The van der Waals surface area contributed by atoms with Crippen molar-refractivity contribution in [1.29, 1.82) is 0 Å². The van der Waals surface area contributed by atoms with Gasteiger partial charge in [-0.2, -0.15) is 0 Å². The Morgan fingerprint density at radius 1 is 1.33 bits per heavy atom. The lowest BCUT2D eigenvalue weighted by atomic mass is 9.78. The Kier molecular flexibility index (Phi) is 4.92. The van der Waals surface area contributed by atoms with Crippen molar-refractivity contribution < 1.29 is 4.79 Å². The molecule has 0 spiro atoms. The van der Waals surface area contributed by atoms with Gasteiger partial charge in [-0.3, -0.25) is 4.79 Å². The summed E-state index contributed by atoms with van der Waals surface area (Å²) in [4.78, 5) is 12.3. The van der Waals surface area contributed by atoms with Crippen molar-refractivity contribution in [3.05, 3.63) is 29.3 Å². The number of anilines is 1. The van der Waals surface area contributed by atoms with Crippen molar-refractivity contribution >= 4 is 11.6 Å². The van der Waals surface area contributed by atoms with Crippen LogP contribution < -0.4 is 11.1 Å². The molecule has 1 aliphatic carbocycles. The van der Waals surface area contributed by atoms with Gasteiger partial charge in [0.1, 0.15) is 0 Å². The first kappa shape index (κ1) is 15.9. The van der Waals surface area contributed by atoms with E-state index in [-0.39, 0.29) is 5.91 Å². The van der Waals surface area contributed by atoms with E-state index < -0.39 is 0 Å². The van der Waals surface area contributed by atoms with E-state index >= 15 is 0 Å². The predicted molar refractivity (Wildman–Crippen MR) is 88.3 cm³/mol. The third-order valence-electron chi connectivity index (χ3n) is 4.67. The minimum atomic E-state index is -0.00303. The molecule has 0 aromatic heterocycles. The molecule has 1 aromatic rings. The van der Waals surface area contributed by atoms with Crippen LogP contribution in [0.4, 0.5) is 5.69 Å². The Morgan fingerprint density at radius 2 is 2.00 bits per heavy atom. The van der Waals surface area contributed by atoms with Crippen LogP contribution in [0.5, 0.6) is 0 Å². The van der Waals surface area contributed by atoms with E-state index in [0.29, 0.717) is 22.6 Å². The molecule has 1 aliphatic rings. The number of carbonyl (C=O) groups is 1. The molecule has 0 atom stereocenters. The maximum absolute atomic E-state index is 12.3. The fourth-order valence-corrected chi connectivity index (χ4v) is 3.60. The Hall–Kier alpha value is -1.51. The highest BCUT2D eigenvalue weighted by Gasteiger charge is 2.34. The summed E-state index contributed by atoms with van der Waals surface area (Å²) < 4.78 is 0. The SMILES string of the molecule is Cc1ccc(C(=O)NCC2(CC(C)C)CCCC2)cc1N. The Bertz CT molecular complexity index is 502. The highest BCUT2D eigenvalue weighted by Crippen LogP contribution is 2.42. The fraction of sp³-hybridized carbons (Fsp3) is 0.611. The number of amides is 1. The Morgan fingerprint density at radius 3 is 2.57 bits per heavy atom. The normalized spacial score (nSPS) is 17.1. The minimum Gasteiger partial charge on any atom is -0.398 e. The molecule has 2 rings (SSSR count). The monoisotopic (exact) mass is 288 g/mol. The third-order valence-corrected chi connectivity index (χ3v) is 4.67. The first-order chi connectivity index (χ1) is 9.92. The quantitative estimate of drug-likeness (QED) is 0.807. The van der Waals surface area contributed by atoms with Crippen molar-refractivity contribution in [2.75, 3.05) is 12.3 Å². The first-order valence-corrected chi connectivity index (χ1v) is 8.06. The van der Waals surface area contributed by atoms with Crippen molar-refractivity contribution in [3.8, 4) is 0 Å². The van der Waals surface area contributed by atoms with Crippen LogP contribution >= 0.6 is 0 Å². The van der Waals surface area contributed by atoms with E-state index in [4.69, 9.17) is 5.73 Å². The molecule has 21 heavy (non-hydrogen) atoms. The van der Waals surface area contributed by atoms with Crippen LogP contribution in [0.15, 0.2) is 18.2 Å². The maximum Gasteiger partial charge on any atom is 0.251 e. The maximum atomic E-state index is 12.3. The van der Waals surface area contributed by atoms with Crippen LogP contribution in [0.3, 0.4) is 0 Å². The van der Waals surface area contributed by atoms with Crippen molar-refractivity contribution in [3.63, 3.8) is 0 Å². The standard InChI is InChI=1S/C18H28N2O/c1-13(2)11-18(8-4-5-9-18)12-20-17(21)15-7-6-14(3)16(19)10-15/h6-7,10,13H,4-5,8-9,11-12,19H2,1-3H3,(H,20,21). The van der Waals surface area contributed by atoms with E-state index in [0.717, 1.165) is 12.1 Å². The number of carbonyl (C=O) groups excluding carboxylic acids is 1. The molecular formula is C18H28N2O. The molecular weight excluding hydrogens is 260 g/mol. The predicted octanol–water partition coefficient (Wildman–Crippen LogP) is 3.91. The Labute approximate surface area is 128 Å². The minimum absolute atomic E-state index is 0.00303. The van der Waals surface area contributed by atoms with E-state index in [1.54, 1.807) is 6.07 Å². The van der Waals surface area contributed by atoms with Gasteiger partial charge in [-0.15, -0.1) is 0 Å². The van der Waals surface area contributed by atoms with Gasteiger partial charge in [-0.1, -0.05) is 32.8 Å². The van der Waals surface area contributed by atoms with Gasteiger partial charge in [0.15, 0.2) is 0 Å². The summed E-state index contributed by atoms with van der Waals surface area (Å²) in [5, 5.41) is 3.14. The number of hydrogen-bond acceptors (Lipinski definition) is 2. The van der Waals surface area contributed by atoms with Gasteiger partial charge < -0.3 is 11.1 Å². The molecule has 3 nitrogen and oxygen atoms in total. The zero-order valence-electron chi connectivity index (χ0n) is 13.5. The van der Waals surface area contributed by atoms with E-state index in [9.17, 15) is 4.79 Å². The van der Waals surface area contributed by atoms with E-state index in [1.807, 2.05) is 19.1 Å². The van der Waals surface area contributed by atoms with Crippen LogP contribution in [0.25, 0.3) is 0 Å². The molecule has 1 fully saturated rings. The summed E-state index contributed by atoms with van der Waals surface area (Å²) in [5.74, 6) is 0.673. The number of hydrogen-bond donors (Lipinski definition) is 2.